The molecule has 0 N–H and O–H groups in total. The van der Waals surface area contributed by atoms with Gasteiger partial charge < -0.3 is 9.47 Å². The Labute approximate surface area is 123 Å². The van der Waals surface area contributed by atoms with E-state index in [4.69, 9.17) is 9.47 Å². The van der Waals surface area contributed by atoms with E-state index in [0.29, 0.717) is 17.9 Å². The van der Waals surface area contributed by atoms with Crippen molar-refractivity contribution in [1.29, 1.82) is 0 Å². The third-order valence-corrected chi connectivity index (χ3v) is 3.68. The summed E-state index contributed by atoms with van der Waals surface area (Å²) in [6.45, 7) is 0. The summed E-state index contributed by atoms with van der Waals surface area (Å²) >= 11 is 0. The van der Waals surface area contributed by atoms with Gasteiger partial charge in [0.25, 0.3) is 0 Å². The van der Waals surface area contributed by atoms with E-state index in [2.05, 4.69) is 0 Å². The number of ether oxygens (including phenoxy) is 2. The molecule has 3 rings (SSSR count). The first-order valence-corrected chi connectivity index (χ1v) is 6.78. The van der Waals surface area contributed by atoms with Gasteiger partial charge in [0.15, 0.2) is 17.3 Å². The van der Waals surface area contributed by atoms with Gasteiger partial charge in [0.2, 0.25) is 0 Å². The van der Waals surface area contributed by atoms with E-state index in [9.17, 15) is 4.79 Å². The van der Waals surface area contributed by atoms with E-state index >= 15 is 0 Å². The number of allylic oxidation sites excluding steroid dienone is 1. The molecule has 3 nitrogen and oxygen atoms in total. The lowest BCUT2D eigenvalue weighted by atomic mass is 10.1. The van der Waals surface area contributed by atoms with Crippen molar-refractivity contribution >= 4 is 11.9 Å². The molecule has 0 aliphatic heterocycles. The average molecular weight is 280 g/mol. The van der Waals surface area contributed by atoms with Crippen molar-refractivity contribution in [3.05, 3.63) is 64.7 Å². The number of hydrogen-bond acceptors (Lipinski definition) is 3. The van der Waals surface area contributed by atoms with E-state index in [1.807, 2.05) is 48.5 Å². The molecule has 3 heteroatoms. The molecule has 2 aromatic carbocycles. The first kappa shape index (κ1) is 13.4. The second-order valence-electron chi connectivity index (χ2n) is 4.95. The molecular weight excluding hydrogens is 264 g/mol. The Kier molecular flexibility index (Phi) is 3.48. The lowest BCUT2D eigenvalue weighted by molar-refractivity contribution is 0.104. The Morgan fingerprint density at radius 1 is 1.00 bits per heavy atom. The zero-order valence-corrected chi connectivity index (χ0v) is 12.1. The zero-order valence-electron chi connectivity index (χ0n) is 12.1. The lowest BCUT2D eigenvalue weighted by Gasteiger charge is -2.08. The van der Waals surface area contributed by atoms with E-state index in [-0.39, 0.29) is 5.78 Å². The van der Waals surface area contributed by atoms with Crippen LogP contribution in [-0.2, 0) is 6.42 Å². The number of ketones is 1. The van der Waals surface area contributed by atoms with Crippen molar-refractivity contribution in [2.45, 2.75) is 6.42 Å². The van der Waals surface area contributed by atoms with E-state index in [0.717, 1.165) is 22.3 Å². The SMILES string of the molecule is COc1ccc(/C=C2/Cc3ccccc3C2=O)cc1OC. The van der Waals surface area contributed by atoms with Gasteiger partial charge in [-0.1, -0.05) is 30.3 Å². The molecule has 1 aliphatic rings. The maximum absolute atomic E-state index is 12.4. The van der Waals surface area contributed by atoms with Crippen molar-refractivity contribution in [3.8, 4) is 11.5 Å². The van der Waals surface area contributed by atoms with Crippen molar-refractivity contribution in [2.24, 2.45) is 0 Å². The van der Waals surface area contributed by atoms with Gasteiger partial charge in [-0.2, -0.15) is 0 Å². The number of Topliss-reactive ketones (excluding diaryl/α,β-unsaturated/α-hetero) is 1. The maximum Gasteiger partial charge on any atom is 0.189 e. The summed E-state index contributed by atoms with van der Waals surface area (Å²) in [7, 11) is 3.21. The molecular formula is C18H16O3. The second kappa shape index (κ2) is 5.44. The molecule has 21 heavy (non-hydrogen) atoms. The molecule has 0 fully saturated rings. The Bertz CT molecular complexity index is 729. The fourth-order valence-corrected chi connectivity index (χ4v) is 2.61. The molecule has 0 amide bonds. The fourth-order valence-electron chi connectivity index (χ4n) is 2.61. The van der Waals surface area contributed by atoms with Gasteiger partial charge in [-0.3, -0.25) is 4.79 Å². The second-order valence-corrected chi connectivity index (χ2v) is 4.95. The first-order chi connectivity index (χ1) is 10.2. The summed E-state index contributed by atoms with van der Waals surface area (Å²) in [5, 5.41) is 0. The zero-order chi connectivity index (χ0) is 14.8. The van der Waals surface area contributed by atoms with Crippen LogP contribution in [0.25, 0.3) is 6.08 Å². The topological polar surface area (TPSA) is 35.5 Å². The van der Waals surface area contributed by atoms with E-state index < -0.39 is 0 Å². The number of rotatable bonds is 3. The largest absolute Gasteiger partial charge is 0.493 e. The molecule has 106 valence electrons. The molecule has 1 aliphatic carbocycles. The van der Waals surface area contributed by atoms with Gasteiger partial charge in [0, 0.05) is 17.6 Å². The summed E-state index contributed by atoms with van der Waals surface area (Å²) in [6, 6.07) is 13.4. The van der Waals surface area contributed by atoms with Crippen LogP contribution >= 0.6 is 0 Å². The molecule has 2 aromatic rings. The summed E-state index contributed by atoms with van der Waals surface area (Å²) in [4.78, 5) is 12.4. The Morgan fingerprint density at radius 3 is 2.48 bits per heavy atom. The van der Waals surface area contributed by atoms with Gasteiger partial charge in [-0.25, -0.2) is 0 Å². The van der Waals surface area contributed by atoms with Crippen LogP contribution in [-0.4, -0.2) is 20.0 Å². The van der Waals surface area contributed by atoms with Crippen LogP contribution in [0.2, 0.25) is 0 Å². The van der Waals surface area contributed by atoms with Crippen LogP contribution < -0.4 is 9.47 Å². The van der Waals surface area contributed by atoms with E-state index in [1.54, 1.807) is 14.2 Å². The van der Waals surface area contributed by atoms with Gasteiger partial charge in [-0.15, -0.1) is 0 Å². The van der Waals surface area contributed by atoms with Crippen LogP contribution in [0, 0.1) is 0 Å². The Balaban J connectivity index is 1.95. The minimum absolute atomic E-state index is 0.111. The fraction of sp³-hybridized carbons (Fsp3) is 0.167. The third-order valence-electron chi connectivity index (χ3n) is 3.68. The summed E-state index contributed by atoms with van der Waals surface area (Å²) < 4.78 is 10.5. The van der Waals surface area contributed by atoms with Crippen LogP contribution in [0.15, 0.2) is 48.0 Å². The molecule has 0 radical (unpaired) electrons. The van der Waals surface area contributed by atoms with Gasteiger partial charge in [0.1, 0.15) is 0 Å². The van der Waals surface area contributed by atoms with Crippen LogP contribution in [0.5, 0.6) is 11.5 Å². The summed E-state index contributed by atoms with van der Waals surface area (Å²) in [5.41, 5.74) is 3.64. The molecule has 0 bridgehead atoms. The van der Waals surface area contributed by atoms with Crippen molar-refractivity contribution < 1.29 is 14.3 Å². The number of hydrogen-bond donors (Lipinski definition) is 0. The Morgan fingerprint density at radius 2 is 1.76 bits per heavy atom. The third kappa shape index (κ3) is 2.42. The smallest absolute Gasteiger partial charge is 0.189 e. The normalized spacial score (nSPS) is 15.1. The Hall–Kier alpha value is -2.55. The minimum Gasteiger partial charge on any atom is -0.493 e. The van der Waals surface area contributed by atoms with Gasteiger partial charge in [0.05, 0.1) is 14.2 Å². The first-order valence-electron chi connectivity index (χ1n) is 6.78. The number of fused-ring (bicyclic) bond motifs is 1. The predicted octanol–water partition coefficient (Wildman–Crippen LogP) is 3.53. The quantitative estimate of drug-likeness (QED) is 0.807. The molecule has 0 heterocycles. The lowest BCUT2D eigenvalue weighted by Crippen LogP contribution is -1.95. The number of carbonyl (C=O) groups excluding carboxylic acids is 1. The molecule has 0 saturated carbocycles. The standard InChI is InChI=1S/C18H16O3/c1-20-16-8-7-12(10-17(16)21-2)9-14-11-13-5-3-4-6-15(13)18(14)19/h3-10H,11H2,1-2H3/b14-9-. The number of benzene rings is 2. The van der Waals surface area contributed by atoms with E-state index in [1.165, 1.54) is 0 Å². The highest BCUT2D eigenvalue weighted by Crippen LogP contribution is 2.31. The molecule has 0 atom stereocenters. The van der Waals surface area contributed by atoms with Crippen LogP contribution in [0.3, 0.4) is 0 Å². The monoisotopic (exact) mass is 280 g/mol. The summed E-state index contributed by atoms with van der Waals surface area (Å²) in [6.07, 6.45) is 2.60. The van der Waals surface area contributed by atoms with Gasteiger partial charge in [-0.05, 0) is 29.3 Å². The van der Waals surface area contributed by atoms with Crippen molar-refractivity contribution in [2.75, 3.05) is 14.2 Å². The molecule has 0 saturated heterocycles. The highest BCUT2D eigenvalue weighted by atomic mass is 16.5. The van der Waals surface area contributed by atoms with Crippen molar-refractivity contribution in [1.82, 2.24) is 0 Å². The number of carbonyl (C=O) groups is 1. The highest BCUT2D eigenvalue weighted by Gasteiger charge is 2.23. The average Bonchev–Trinajstić information content (AvgIpc) is 2.84. The predicted molar refractivity (Wildman–Crippen MR) is 82.0 cm³/mol. The molecule has 0 spiro atoms. The molecule has 0 unspecified atom stereocenters. The highest BCUT2D eigenvalue weighted by molar-refractivity contribution is 6.15. The minimum atomic E-state index is 0.111. The van der Waals surface area contributed by atoms with Crippen LogP contribution in [0.4, 0.5) is 0 Å². The van der Waals surface area contributed by atoms with Crippen molar-refractivity contribution in [3.63, 3.8) is 0 Å². The summed E-state index contributed by atoms with van der Waals surface area (Å²) in [5.74, 6) is 1.45. The van der Waals surface area contributed by atoms with Crippen LogP contribution in [0.1, 0.15) is 21.5 Å². The number of methoxy groups -OCH3 is 2. The maximum atomic E-state index is 12.4. The molecule has 0 aromatic heterocycles. The van der Waals surface area contributed by atoms with Gasteiger partial charge >= 0.3 is 0 Å².